The summed E-state index contributed by atoms with van der Waals surface area (Å²) in [5.74, 6) is 0.995. The normalized spacial score (nSPS) is 17.6. The van der Waals surface area contributed by atoms with Gasteiger partial charge < -0.3 is 14.6 Å². The maximum atomic E-state index is 13.2. The van der Waals surface area contributed by atoms with E-state index in [1.165, 1.54) is 4.90 Å². The summed E-state index contributed by atoms with van der Waals surface area (Å²) >= 11 is 1.85. The minimum absolute atomic E-state index is 0.0318. The average Bonchev–Trinajstić information content (AvgIpc) is 3.18. The third kappa shape index (κ3) is 4.16. The number of hydrogen-bond acceptors (Lipinski definition) is 3. The number of carbonyl (C=O) groups excluding carboxylic acids is 1. The van der Waals surface area contributed by atoms with E-state index in [1.807, 2.05) is 59.1 Å². The first-order chi connectivity index (χ1) is 13.7. The maximum Gasteiger partial charge on any atom is 0.282 e. The van der Waals surface area contributed by atoms with Gasteiger partial charge in [-0.1, -0.05) is 49.4 Å². The van der Waals surface area contributed by atoms with Crippen molar-refractivity contribution in [2.24, 2.45) is 0 Å². The highest BCUT2D eigenvalue weighted by Gasteiger charge is 2.27. The summed E-state index contributed by atoms with van der Waals surface area (Å²) in [5.41, 5.74) is 2.16. The fourth-order valence-corrected chi connectivity index (χ4v) is 4.73. The first-order valence-corrected chi connectivity index (χ1v) is 10.6. The Bertz CT molecular complexity index is 911. The van der Waals surface area contributed by atoms with Gasteiger partial charge in [0.2, 0.25) is 0 Å². The van der Waals surface area contributed by atoms with Crippen LogP contribution in [0, 0.1) is 0 Å². The molecule has 1 aliphatic heterocycles. The molecule has 2 N–H and O–H groups in total. The summed E-state index contributed by atoms with van der Waals surface area (Å²) in [6.45, 7) is 3.35. The van der Waals surface area contributed by atoms with Gasteiger partial charge in [0.25, 0.3) is 5.91 Å². The molecule has 0 aliphatic carbocycles. The van der Waals surface area contributed by atoms with E-state index < -0.39 is 0 Å². The molecule has 0 radical (unpaired) electrons. The fourth-order valence-electron chi connectivity index (χ4n) is 3.62. The van der Waals surface area contributed by atoms with Gasteiger partial charge in [0.15, 0.2) is 18.3 Å². The highest BCUT2D eigenvalue weighted by atomic mass is 32.2. The van der Waals surface area contributed by atoms with E-state index in [9.17, 15) is 4.79 Å². The van der Waals surface area contributed by atoms with Crippen molar-refractivity contribution in [2.45, 2.75) is 29.5 Å². The van der Waals surface area contributed by atoms with Gasteiger partial charge in [-0.3, -0.25) is 4.79 Å². The number of benzene rings is 2. The number of fused-ring (bicyclic) bond motifs is 1. The van der Waals surface area contributed by atoms with Crippen LogP contribution in [-0.2, 0) is 4.79 Å². The molecule has 0 unspecified atom stereocenters. The molecule has 0 bridgehead atoms. The van der Waals surface area contributed by atoms with E-state index in [4.69, 9.17) is 4.42 Å². The number of amides is 1. The Morgan fingerprint density at radius 2 is 1.93 bits per heavy atom. The fraction of sp³-hybridized carbons (Fsp3) is 0.261. The lowest BCUT2D eigenvalue weighted by Gasteiger charge is -2.23. The van der Waals surface area contributed by atoms with Gasteiger partial charge in [-0.2, -0.15) is 0 Å². The number of quaternary nitrogens is 1. The van der Waals surface area contributed by atoms with Crippen molar-refractivity contribution < 1.29 is 14.5 Å². The minimum Gasteiger partial charge on any atom is -0.463 e. The summed E-state index contributed by atoms with van der Waals surface area (Å²) in [6.07, 6.45) is 2.68. The largest absolute Gasteiger partial charge is 0.463 e. The standard InChI is InChI=1S/C23H24N2O2S/c1-17-13-14-25(19-10-5-6-12-21(19)28-17)22(26)16-24-23(20-11-7-15-27-20)18-8-3-2-4-9-18/h2-12,15,17,23-24H,13-14,16H2,1H3/p+1/t17-,23+/m0/s1. The van der Waals surface area contributed by atoms with Gasteiger partial charge in [0.05, 0.1) is 12.0 Å². The van der Waals surface area contributed by atoms with Gasteiger partial charge in [-0.05, 0) is 30.7 Å². The van der Waals surface area contributed by atoms with E-state index in [1.54, 1.807) is 6.26 Å². The number of hydrogen-bond donors (Lipinski definition) is 1. The summed E-state index contributed by atoms with van der Waals surface area (Å²) in [5, 5.41) is 2.57. The molecule has 2 heterocycles. The molecule has 28 heavy (non-hydrogen) atoms. The quantitative estimate of drug-likeness (QED) is 0.716. The minimum atomic E-state index is -0.0318. The second-order valence-corrected chi connectivity index (χ2v) is 8.55. The first-order valence-electron chi connectivity index (χ1n) is 9.70. The molecular weight excluding hydrogens is 368 g/mol. The number of nitrogens with two attached hydrogens (primary N) is 1. The molecule has 1 aromatic heterocycles. The van der Waals surface area contributed by atoms with Gasteiger partial charge in [0, 0.05) is 22.3 Å². The lowest BCUT2D eigenvalue weighted by molar-refractivity contribution is -0.678. The summed E-state index contributed by atoms with van der Waals surface area (Å²) in [4.78, 5) is 16.3. The number of para-hydroxylation sites is 1. The molecule has 4 nitrogen and oxygen atoms in total. The Kier molecular flexibility index (Phi) is 5.84. The second-order valence-electron chi connectivity index (χ2n) is 7.07. The lowest BCUT2D eigenvalue weighted by Crippen LogP contribution is -2.87. The van der Waals surface area contributed by atoms with Crippen LogP contribution in [-0.4, -0.2) is 24.2 Å². The van der Waals surface area contributed by atoms with E-state index in [2.05, 4.69) is 36.5 Å². The third-order valence-electron chi connectivity index (χ3n) is 5.08. The molecule has 144 valence electrons. The predicted molar refractivity (Wildman–Crippen MR) is 113 cm³/mol. The number of rotatable bonds is 5. The van der Waals surface area contributed by atoms with Crippen LogP contribution in [0.4, 0.5) is 5.69 Å². The van der Waals surface area contributed by atoms with Crippen molar-refractivity contribution in [1.82, 2.24) is 0 Å². The molecule has 1 amide bonds. The van der Waals surface area contributed by atoms with Crippen LogP contribution in [0.5, 0.6) is 0 Å². The highest BCUT2D eigenvalue weighted by molar-refractivity contribution is 8.00. The Hall–Kier alpha value is -2.50. The molecule has 2 atom stereocenters. The van der Waals surface area contributed by atoms with Crippen molar-refractivity contribution in [1.29, 1.82) is 0 Å². The monoisotopic (exact) mass is 393 g/mol. The molecular formula is C23H25N2O2S+. The molecule has 4 rings (SSSR count). The summed E-state index contributed by atoms with van der Waals surface area (Å²) in [6, 6.07) is 22.2. The van der Waals surface area contributed by atoms with Crippen LogP contribution in [0.15, 0.2) is 82.3 Å². The van der Waals surface area contributed by atoms with Crippen LogP contribution >= 0.6 is 11.8 Å². The zero-order chi connectivity index (χ0) is 19.3. The molecule has 0 saturated carbocycles. The van der Waals surface area contributed by atoms with Gasteiger partial charge in [-0.25, -0.2) is 0 Å². The van der Waals surface area contributed by atoms with Crippen LogP contribution < -0.4 is 10.2 Å². The molecule has 0 saturated heterocycles. The number of furan rings is 1. The Labute approximate surface area is 169 Å². The van der Waals surface area contributed by atoms with Crippen molar-refractivity contribution in [2.75, 3.05) is 18.0 Å². The Balaban J connectivity index is 1.53. The molecule has 2 aromatic carbocycles. The molecule has 5 heteroatoms. The van der Waals surface area contributed by atoms with Crippen LogP contribution in [0.3, 0.4) is 0 Å². The first kappa shape index (κ1) is 18.8. The van der Waals surface area contributed by atoms with Gasteiger partial charge >= 0.3 is 0 Å². The topological polar surface area (TPSA) is 50.1 Å². The molecule has 0 fully saturated rings. The third-order valence-corrected chi connectivity index (χ3v) is 6.32. The molecule has 3 aromatic rings. The maximum absolute atomic E-state index is 13.2. The Morgan fingerprint density at radius 1 is 1.14 bits per heavy atom. The van der Waals surface area contributed by atoms with Crippen LogP contribution in [0.2, 0.25) is 0 Å². The highest BCUT2D eigenvalue weighted by Crippen LogP contribution is 2.37. The van der Waals surface area contributed by atoms with Crippen molar-refractivity contribution >= 4 is 23.4 Å². The van der Waals surface area contributed by atoms with Crippen molar-refractivity contribution in [3.8, 4) is 0 Å². The average molecular weight is 394 g/mol. The lowest BCUT2D eigenvalue weighted by atomic mass is 10.0. The predicted octanol–water partition coefficient (Wildman–Crippen LogP) is 3.85. The second kappa shape index (κ2) is 8.67. The summed E-state index contributed by atoms with van der Waals surface area (Å²) < 4.78 is 5.66. The van der Waals surface area contributed by atoms with Crippen molar-refractivity contribution in [3.05, 3.63) is 84.3 Å². The Morgan fingerprint density at radius 3 is 2.71 bits per heavy atom. The summed E-state index contributed by atoms with van der Waals surface area (Å²) in [7, 11) is 0. The van der Waals surface area contributed by atoms with Gasteiger partial charge in [-0.15, -0.1) is 11.8 Å². The van der Waals surface area contributed by atoms with E-state index in [0.717, 1.165) is 30.0 Å². The van der Waals surface area contributed by atoms with Crippen LogP contribution in [0.1, 0.15) is 30.7 Å². The number of anilines is 1. The number of thioether (sulfide) groups is 1. The van der Waals surface area contributed by atoms with Gasteiger partial charge in [0.1, 0.15) is 0 Å². The number of carbonyl (C=O) groups is 1. The smallest absolute Gasteiger partial charge is 0.282 e. The molecule has 1 aliphatic rings. The number of nitrogens with zero attached hydrogens (tertiary/aromatic N) is 1. The molecule has 0 spiro atoms. The van der Waals surface area contributed by atoms with Crippen LogP contribution in [0.25, 0.3) is 0 Å². The van der Waals surface area contributed by atoms with E-state index in [-0.39, 0.29) is 11.9 Å². The zero-order valence-corrected chi connectivity index (χ0v) is 16.8. The SMILES string of the molecule is C[C@H]1CCN(C(=O)C[NH2+][C@H](c2ccccc2)c2ccco2)c2ccccc2S1. The van der Waals surface area contributed by atoms with E-state index in [0.29, 0.717) is 11.8 Å². The van der Waals surface area contributed by atoms with Crippen molar-refractivity contribution in [3.63, 3.8) is 0 Å². The zero-order valence-electron chi connectivity index (χ0n) is 16.0. The van der Waals surface area contributed by atoms with E-state index >= 15 is 0 Å².